The van der Waals surface area contributed by atoms with Crippen molar-refractivity contribution in [1.82, 2.24) is 0 Å². The quantitative estimate of drug-likeness (QED) is 0.577. The van der Waals surface area contributed by atoms with Gasteiger partial charge < -0.3 is 0 Å². The van der Waals surface area contributed by atoms with Crippen molar-refractivity contribution >= 4 is 11.9 Å². The molecule has 0 unspecified atom stereocenters. The zero-order valence-electron chi connectivity index (χ0n) is 9.14. The molecule has 1 rings (SSSR count). The van der Waals surface area contributed by atoms with Crippen LogP contribution in [0.5, 0.6) is 0 Å². The lowest BCUT2D eigenvalue weighted by atomic mass is 10.1. The van der Waals surface area contributed by atoms with E-state index in [1.54, 1.807) is 0 Å². The summed E-state index contributed by atoms with van der Waals surface area (Å²) < 4.78 is 0. The second-order valence-electron chi connectivity index (χ2n) is 3.37. The van der Waals surface area contributed by atoms with Crippen LogP contribution in [-0.2, 0) is 25.8 Å². The van der Waals surface area contributed by atoms with Gasteiger partial charge in [-0.2, -0.15) is 0 Å². The predicted molar refractivity (Wildman–Crippen MR) is 57.2 cm³/mol. The van der Waals surface area contributed by atoms with Gasteiger partial charge in [0.2, 0.25) is 0 Å². The molecule has 0 fully saturated rings. The van der Waals surface area contributed by atoms with E-state index in [2.05, 4.69) is 9.78 Å². The largest absolute Gasteiger partial charge is 0.355 e. The van der Waals surface area contributed by atoms with Crippen LogP contribution in [0.15, 0.2) is 30.3 Å². The van der Waals surface area contributed by atoms with Gasteiger partial charge in [-0.05, 0) is 18.4 Å². The smallest absolute Gasteiger partial charge is 0.248 e. The highest BCUT2D eigenvalue weighted by molar-refractivity contribution is 5.71. The van der Waals surface area contributed by atoms with Gasteiger partial charge >= 0.3 is 11.9 Å². The Kier molecular flexibility index (Phi) is 5.05. The van der Waals surface area contributed by atoms with E-state index in [1.165, 1.54) is 12.5 Å². The van der Waals surface area contributed by atoms with Crippen molar-refractivity contribution in [3.63, 3.8) is 0 Å². The van der Waals surface area contributed by atoms with Gasteiger partial charge in [0.05, 0.1) is 6.42 Å². The van der Waals surface area contributed by atoms with Crippen molar-refractivity contribution in [2.45, 2.75) is 26.2 Å². The summed E-state index contributed by atoms with van der Waals surface area (Å²) >= 11 is 0. The van der Waals surface area contributed by atoms with Gasteiger partial charge in [-0.15, -0.1) is 0 Å². The molecule has 1 aromatic rings. The second-order valence-corrected chi connectivity index (χ2v) is 3.37. The van der Waals surface area contributed by atoms with Crippen LogP contribution in [0.4, 0.5) is 0 Å². The lowest BCUT2D eigenvalue weighted by Gasteiger charge is -2.01. The lowest BCUT2D eigenvalue weighted by molar-refractivity contribution is -0.257. The van der Waals surface area contributed by atoms with Gasteiger partial charge in [0.15, 0.2) is 0 Å². The summed E-state index contributed by atoms with van der Waals surface area (Å²) in [5.41, 5.74) is 1.17. The predicted octanol–water partition coefficient (Wildman–Crippen LogP) is 2.03. The highest BCUT2D eigenvalue weighted by atomic mass is 17.2. The van der Waals surface area contributed by atoms with E-state index >= 15 is 0 Å². The first-order chi connectivity index (χ1) is 7.68. The van der Waals surface area contributed by atoms with Gasteiger partial charge in [-0.3, -0.25) is 0 Å². The van der Waals surface area contributed by atoms with E-state index < -0.39 is 11.9 Å². The molecular formula is C12H14O4. The van der Waals surface area contributed by atoms with E-state index in [-0.39, 0.29) is 6.42 Å². The maximum atomic E-state index is 11.0. The molecule has 0 aliphatic carbocycles. The van der Waals surface area contributed by atoms with Gasteiger partial charge in [-0.1, -0.05) is 30.3 Å². The van der Waals surface area contributed by atoms with Crippen molar-refractivity contribution in [3.05, 3.63) is 35.9 Å². The molecule has 0 radical (unpaired) electrons. The number of aryl methyl sites for hydroxylation is 1. The fourth-order valence-corrected chi connectivity index (χ4v) is 1.23. The third-order valence-corrected chi connectivity index (χ3v) is 1.94. The molecule has 0 aliphatic rings. The average molecular weight is 222 g/mol. The Morgan fingerprint density at radius 1 is 1.12 bits per heavy atom. The van der Waals surface area contributed by atoms with Crippen LogP contribution in [0.2, 0.25) is 0 Å². The van der Waals surface area contributed by atoms with Gasteiger partial charge in [0, 0.05) is 6.92 Å². The van der Waals surface area contributed by atoms with Crippen molar-refractivity contribution in [3.8, 4) is 0 Å². The fourth-order valence-electron chi connectivity index (χ4n) is 1.23. The zero-order valence-corrected chi connectivity index (χ0v) is 9.14. The van der Waals surface area contributed by atoms with Crippen LogP contribution in [0, 0.1) is 0 Å². The standard InChI is InChI=1S/C12H14O4/c1-10(13)15-16-12(14)9-5-8-11-6-3-2-4-7-11/h2-4,6-7H,5,8-9H2,1H3. The van der Waals surface area contributed by atoms with Crippen molar-refractivity contribution < 1.29 is 19.4 Å². The van der Waals surface area contributed by atoms with Crippen LogP contribution in [-0.4, -0.2) is 11.9 Å². The number of hydrogen-bond donors (Lipinski definition) is 0. The van der Waals surface area contributed by atoms with E-state index in [4.69, 9.17) is 0 Å². The molecule has 0 aromatic heterocycles. The summed E-state index contributed by atoms with van der Waals surface area (Å²) in [5.74, 6) is -1.15. The highest BCUT2D eigenvalue weighted by Crippen LogP contribution is 2.05. The van der Waals surface area contributed by atoms with Crippen molar-refractivity contribution in [2.24, 2.45) is 0 Å². The molecule has 0 atom stereocenters. The first-order valence-corrected chi connectivity index (χ1v) is 5.10. The van der Waals surface area contributed by atoms with Crippen LogP contribution in [0.3, 0.4) is 0 Å². The topological polar surface area (TPSA) is 52.6 Å². The minimum atomic E-state index is -0.628. The number of carbonyl (C=O) groups excluding carboxylic acids is 2. The average Bonchev–Trinajstić information content (AvgIpc) is 2.28. The number of rotatable bonds is 4. The Bertz CT molecular complexity index is 345. The molecule has 16 heavy (non-hydrogen) atoms. The third kappa shape index (κ3) is 5.14. The fraction of sp³-hybridized carbons (Fsp3) is 0.333. The molecule has 1 aromatic carbocycles. The Labute approximate surface area is 94.1 Å². The van der Waals surface area contributed by atoms with E-state index in [9.17, 15) is 9.59 Å². The SMILES string of the molecule is CC(=O)OOC(=O)CCCc1ccccc1. The van der Waals surface area contributed by atoms with Crippen molar-refractivity contribution in [1.29, 1.82) is 0 Å². The molecule has 0 saturated carbocycles. The zero-order chi connectivity index (χ0) is 11.8. The summed E-state index contributed by atoms with van der Waals surface area (Å²) in [6.07, 6.45) is 1.71. The Morgan fingerprint density at radius 2 is 1.81 bits per heavy atom. The molecule has 0 N–H and O–H groups in total. The maximum Gasteiger partial charge on any atom is 0.355 e. The summed E-state index contributed by atoms with van der Waals surface area (Å²) in [6.45, 7) is 1.18. The molecule has 0 heterocycles. The molecule has 0 amide bonds. The van der Waals surface area contributed by atoms with Gasteiger partial charge in [-0.25, -0.2) is 19.4 Å². The highest BCUT2D eigenvalue weighted by Gasteiger charge is 2.05. The maximum absolute atomic E-state index is 11.0. The van der Waals surface area contributed by atoms with Crippen LogP contribution in [0.1, 0.15) is 25.3 Å². The lowest BCUT2D eigenvalue weighted by Crippen LogP contribution is -2.08. The second kappa shape index (κ2) is 6.61. The first-order valence-electron chi connectivity index (χ1n) is 5.10. The van der Waals surface area contributed by atoms with Crippen molar-refractivity contribution in [2.75, 3.05) is 0 Å². The van der Waals surface area contributed by atoms with E-state index in [1.807, 2.05) is 30.3 Å². The normalized spacial score (nSPS) is 9.56. The molecule has 4 nitrogen and oxygen atoms in total. The molecule has 0 spiro atoms. The number of hydrogen-bond acceptors (Lipinski definition) is 4. The summed E-state index contributed by atoms with van der Waals surface area (Å²) in [5, 5.41) is 0. The van der Waals surface area contributed by atoms with E-state index in [0.29, 0.717) is 6.42 Å². The molecular weight excluding hydrogens is 208 g/mol. The molecule has 4 heteroatoms. The number of benzene rings is 1. The molecule has 0 bridgehead atoms. The third-order valence-electron chi connectivity index (χ3n) is 1.94. The molecule has 0 saturated heterocycles. The van der Waals surface area contributed by atoms with Crippen LogP contribution < -0.4 is 0 Å². The Morgan fingerprint density at radius 3 is 2.44 bits per heavy atom. The molecule has 0 aliphatic heterocycles. The number of carbonyl (C=O) groups is 2. The summed E-state index contributed by atoms with van der Waals surface area (Å²) in [4.78, 5) is 29.8. The summed E-state index contributed by atoms with van der Waals surface area (Å²) in [6, 6.07) is 9.84. The Balaban J connectivity index is 2.16. The summed E-state index contributed by atoms with van der Waals surface area (Å²) in [7, 11) is 0. The van der Waals surface area contributed by atoms with Crippen LogP contribution >= 0.6 is 0 Å². The minimum absolute atomic E-state index is 0.238. The monoisotopic (exact) mass is 222 g/mol. The van der Waals surface area contributed by atoms with Gasteiger partial charge in [0.1, 0.15) is 0 Å². The minimum Gasteiger partial charge on any atom is -0.248 e. The molecule has 86 valence electrons. The Hall–Kier alpha value is -1.84. The van der Waals surface area contributed by atoms with Crippen LogP contribution in [0.25, 0.3) is 0 Å². The van der Waals surface area contributed by atoms with Gasteiger partial charge in [0.25, 0.3) is 0 Å². The first kappa shape index (κ1) is 12.2. The van der Waals surface area contributed by atoms with E-state index in [0.717, 1.165) is 6.42 Å².